The molecule has 1 atom stereocenters. The summed E-state index contributed by atoms with van der Waals surface area (Å²) in [6, 6.07) is 15.7. The Balaban J connectivity index is 2.02. The summed E-state index contributed by atoms with van der Waals surface area (Å²) in [5.41, 5.74) is 3.33. The van der Waals surface area contributed by atoms with E-state index in [1.807, 2.05) is 48.5 Å². The molecule has 1 aliphatic heterocycles. The fraction of sp³-hybridized carbons (Fsp3) is 0.368. The number of benzene rings is 2. The highest BCUT2D eigenvalue weighted by Crippen LogP contribution is 2.35. The van der Waals surface area contributed by atoms with Gasteiger partial charge in [0.2, 0.25) is 0 Å². The Bertz CT molecular complexity index is 822. The lowest BCUT2D eigenvalue weighted by atomic mass is 9.90. The van der Waals surface area contributed by atoms with Crippen LogP contribution in [-0.2, 0) is 23.1 Å². The maximum absolute atomic E-state index is 12.7. The maximum Gasteiger partial charge on any atom is 0.280 e. The van der Waals surface area contributed by atoms with E-state index in [9.17, 15) is 8.42 Å². The predicted octanol–water partition coefficient (Wildman–Crippen LogP) is 2.69. The third-order valence-corrected chi connectivity index (χ3v) is 6.27. The van der Waals surface area contributed by atoms with Crippen LogP contribution in [0.1, 0.15) is 29.7 Å². The molecule has 6 heteroatoms. The van der Waals surface area contributed by atoms with E-state index in [-0.39, 0.29) is 6.04 Å². The number of ether oxygens (including phenoxy) is 1. The van der Waals surface area contributed by atoms with Gasteiger partial charge < -0.3 is 4.74 Å². The summed E-state index contributed by atoms with van der Waals surface area (Å²) in [6.07, 6.45) is 1.33. The molecule has 134 valence electrons. The van der Waals surface area contributed by atoms with Crippen molar-refractivity contribution in [2.45, 2.75) is 25.8 Å². The van der Waals surface area contributed by atoms with Gasteiger partial charge in [-0.3, -0.25) is 0 Å². The maximum atomic E-state index is 12.7. The van der Waals surface area contributed by atoms with E-state index in [0.717, 1.165) is 22.4 Å². The summed E-state index contributed by atoms with van der Waals surface area (Å²) >= 11 is 0. The van der Waals surface area contributed by atoms with Crippen LogP contribution in [0.25, 0.3) is 0 Å². The number of nitrogens with one attached hydrogen (secondary N) is 1. The minimum absolute atomic E-state index is 0.221. The van der Waals surface area contributed by atoms with Crippen molar-refractivity contribution in [2.75, 3.05) is 20.2 Å². The molecule has 2 aromatic carbocycles. The first-order chi connectivity index (χ1) is 12.0. The molecule has 0 fully saturated rings. The Kier molecular flexibility index (Phi) is 5.42. The van der Waals surface area contributed by atoms with Crippen molar-refractivity contribution in [1.82, 2.24) is 9.03 Å². The molecule has 2 aromatic rings. The van der Waals surface area contributed by atoms with Crippen molar-refractivity contribution < 1.29 is 13.2 Å². The second-order valence-electron chi connectivity index (χ2n) is 6.13. The molecule has 0 aliphatic carbocycles. The van der Waals surface area contributed by atoms with Gasteiger partial charge in [-0.2, -0.15) is 12.7 Å². The van der Waals surface area contributed by atoms with Gasteiger partial charge in [0.25, 0.3) is 10.2 Å². The summed E-state index contributed by atoms with van der Waals surface area (Å²) in [7, 11) is -1.86. The number of fused-ring (bicyclic) bond motifs is 1. The van der Waals surface area contributed by atoms with Gasteiger partial charge in [0, 0.05) is 13.1 Å². The number of rotatable bonds is 6. The molecule has 3 rings (SSSR count). The average Bonchev–Trinajstić information content (AvgIpc) is 2.62. The summed E-state index contributed by atoms with van der Waals surface area (Å²) in [4.78, 5) is 0. The lowest BCUT2D eigenvalue weighted by molar-refractivity contribution is 0.301. The molecule has 5 nitrogen and oxygen atoms in total. The largest absolute Gasteiger partial charge is 0.497 e. The quantitative estimate of drug-likeness (QED) is 0.862. The van der Waals surface area contributed by atoms with E-state index in [1.54, 1.807) is 18.3 Å². The van der Waals surface area contributed by atoms with Crippen molar-refractivity contribution in [1.29, 1.82) is 0 Å². The van der Waals surface area contributed by atoms with Gasteiger partial charge in [-0.05, 0) is 41.7 Å². The Morgan fingerprint density at radius 1 is 1.20 bits per heavy atom. The average molecular weight is 360 g/mol. The summed E-state index contributed by atoms with van der Waals surface area (Å²) in [5.74, 6) is 0.806. The molecule has 0 amide bonds. The molecule has 0 spiro atoms. The summed E-state index contributed by atoms with van der Waals surface area (Å²) in [5, 5.41) is 0. The zero-order valence-electron chi connectivity index (χ0n) is 14.6. The lowest BCUT2D eigenvalue weighted by Gasteiger charge is -2.36. The second kappa shape index (κ2) is 7.56. The fourth-order valence-electron chi connectivity index (χ4n) is 3.39. The third kappa shape index (κ3) is 3.86. The minimum Gasteiger partial charge on any atom is -0.497 e. The number of hydrogen-bond donors (Lipinski definition) is 1. The Labute approximate surface area is 149 Å². The number of hydrogen-bond acceptors (Lipinski definition) is 3. The summed E-state index contributed by atoms with van der Waals surface area (Å²) < 4.78 is 35.0. The van der Waals surface area contributed by atoms with Crippen LogP contribution in [0.4, 0.5) is 0 Å². The summed E-state index contributed by atoms with van der Waals surface area (Å²) in [6.45, 7) is 2.64. The topological polar surface area (TPSA) is 58.6 Å². The van der Waals surface area contributed by atoms with E-state index >= 15 is 0 Å². The molecule has 1 heterocycles. The van der Waals surface area contributed by atoms with Crippen LogP contribution in [0.15, 0.2) is 48.5 Å². The van der Waals surface area contributed by atoms with E-state index in [0.29, 0.717) is 25.9 Å². The van der Waals surface area contributed by atoms with Gasteiger partial charge in [-0.15, -0.1) is 0 Å². The van der Waals surface area contributed by atoms with Crippen LogP contribution < -0.4 is 9.46 Å². The van der Waals surface area contributed by atoms with Crippen molar-refractivity contribution in [3.63, 3.8) is 0 Å². The zero-order chi connectivity index (χ0) is 17.9. The standard InChI is InChI=1S/C19H24N2O3S/c1-3-20-25(22,23)21-12-11-16-14-17(24-2)9-10-18(16)19(21)13-15-7-5-4-6-8-15/h4-10,14,19-20H,3,11-13H2,1-2H3. The highest BCUT2D eigenvalue weighted by Gasteiger charge is 2.35. The normalized spacial score (nSPS) is 17.9. The Morgan fingerprint density at radius 3 is 2.64 bits per heavy atom. The van der Waals surface area contributed by atoms with E-state index < -0.39 is 10.2 Å². The molecule has 1 aliphatic rings. The van der Waals surface area contributed by atoms with Crippen LogP contribution in [0.3, 0.4) is 0 Å². The first kappa shape index (κ1) is 17.9. The molecular weight excluding hydrogens is 336 g/mol. The van der Waals surface area contributed by atoms with Crippen molar-refractivity contribution in [2.24, 2.45) is 0 Å². The van der Waals surface area contributed by atoms with Gasteiger partial charge in [0.05, 0.1) is 13.2 Å². The first-order valence-corrected chi connectivity index (χ1v) is 9.96. The van der Waals surface area contributed by atoms with Gasteiger partial charge in [0.15, 0.2) is 0 Å². The van der Waals surface area contributed by atoms with Gasteiger partial charge in [-0.25, -0.2) is 4.72 Å². The van der Waals surface area contributed by atoms with Crippen molar-refractivity contribution >= 4 is 10.2 Å². The van der Waals surface area contributed by atoms with E-state index in [1.165, 1.54) is 0 Å². The van der Waals surface area contributed by atoms with Gasteiger partial charge in [0.1, 0.15) is 5.75 Å². The molecule has 0 saturated carbocycles. The number of nitrogens with zero attached hydrogens (tertiary/aromatic N) is 1. The Morgan fingerprint density at radius 2 is 1.96 bits per heavy atom. The van der Waals surface area contributed by atoms with E-state index in [2.05, 4.69) is 4.72 Å². The molecule has 25 heavy (non-hydrogen) atoms. The minimum atomic E-state index is -3.51. The lowest BCUT2D eigenvalue weighted by Crippen LogP contribution is -2.46. The van der Waals surface area contributed by atoms with Crippen LogP contribution in [-0.4, -0.2) is 32.9 Å². The molecule has 0 aromatic heterocycles. The van der Waals surface area contributed by atoms with E-state index in [4.69, 9.17) is 4.74 Å². The fourth-order valence-corrected chi connectivity index (χ4v) is 4.78. The SMILES string of the molecule is CCNS(=O)(=O)N1CCc2cc(OC)ccc2C1Cc1ccccc1. The van der Waals surface area contributed by atoms with Crippen LogP contribution in [0.5, 0.6) is 5.75 Å². The van der Waals surface area contributed by atoms with Gasteiger partial charge >= 0.3 is 0 Å². The van der Waals surface area contributed by atoms with Gasteiger partial charge in [-0.1, -0.05) is 43.3 Å². The van der Waals surface area contributed by atoms with Crippen LogP contribution in [0, 0.1) is 0 Å². The van der Waals surface area contributed by atoms with Crippen LogP contribution in [0.2, 0.25) is 0 Å². The molecular formula is C19H24N2O3S. The predicted molar refractivity (Wildman–Crippen MR) is 98.9 cm³/mol. The highest BCUT2D eigenvalue weighted by molar-refractivity contribution is 7.87. The Hall–Kier alpha value is -1.89. The molecule has 1 unspecified atom stereocenters. The monoisotopic (exact) mass is 360 g/mol. The van der Waals surface area contributed by atoms with Crippen LogP contribution >= 0.6 is 0 Å². The zero-order valence-corrected chi connectivity index (χ0v) is 15.4. The third-order valence-electron chi connectivity index (χ3n) is 4.57. The second-order valence-corrected chi connectivity index (χ2v) is 7.84. The van der Waals surface area contributed by atoms with Crippen molar-refractivity contribution in [3.8, 4) is 5.75 Å². The molecule has 0 saturated heterocycles. The molecule has 0 radical (unpaired) electrons. The highest BCUT2D eigenvalue weighted by atomic mass is 32.2. The smallest absolute Gasteiger partial charge is 0.280 e. The van der Waals surface area contributed by atoms with Crippen molar-refractivity contribution in [3.05, 3.63) is 65.2 Å². The molecule has 0 bridgehead atoms. The molecule has 1 N–H and O–H groups in total. The number of methoxy groups -OCH3 is 1. The first-order valence-electron chi connectivity index (χ1n) is 8.52.